The standard InChI is InChI=1S/C23H27N3O3/c1-16(2)12-13-24-23(27)22-19(15-26(25-22)18-8-6-5-7-9-18)17-10-11-20(28-3)21(14-17)29-4/h5-11,14-16H,12-13H2,1-4H3,(H,24,27). The average Bonchev–Trinajstić information content (AvgIpc) is 3.19. The molecule has 0 saturated carbocycles. The van der Waals surface area contributed by atoms with E-state index in [0.29, 0.717) is 29.7 Å². The Hall–Kier alpha value is -3.28. The molecule has 0 spiro atoms. The predicted octanol–water partition coefficient (Wildman–Crippen LogP) is 4.33. The molecular weight excluding hydrogens is 366 g/mol. The summed E-state index contributed by atoms with van der Waals surface area (Å²) in [6, 6.07) is 15.3. The maximum Gasteiger partial charge on any atom is 0.272 e. The normalized spacial score (nSPS) is 10.8. The highest BCUT2D eigenvalue weighted by Gasteiger charge is 2.20. The summed E-state index contributed by atoms with van der Waals surface area (Å²) in [5.74, 6) is 1.56. The first-order valence-corrected chi connectivity index (χ1v) is 9.69. The van der Waals surface area contributed by atoms with E-state index in [9.17, 15) is 4.79 Å². The molecule has 1 aromatic heterocycles. The van der Waals surface area contributed by atoms with Crippen molar-refractivity contribution < 1.29 is 14.3 Å². The predicted molar refractivity (Wildman–Crippen MR) is 114 cm³/mol. The number of benzene rings is 2. The van der Waals surface area contributed by atoms with Gasteiger partial charge in [0.1, 0.15) is 0 Å². The van der Waals surface area contributed by atoms with Gasteiger partial charge in [-0.15, -0.1) is 0 Å². The number of aromatic nitrogens is 2. The van der Waals surface area contributed by atoms with Crippen LogP contribution in [0.5, 0.6) is 11.5 Å². The Morgan fingerprint density at radius 1 is 1.07 bits per heavy atom. The molecule has 1 heterocycles. The Balaban J connectivity index is 2.02. The van der Waals surface area contributed by atoms with Gasteiger partial charge in [0.05, 0.1) is 19.9 Å². The van der Waals surface area contributed by atoms with E-state index in [1.165, 1.54) is 0 Å². The zero-order chi connectivity index (χ0) is 20.8. The fourth-order valence-electron chi connectivity index (χ4n) is 3.03. The Morgan fingerprint density at radius 3 is 2.45 bits per heavy atom. The number of hydrogen-bond acceptors (Lipinski definition) is 4. The van der Waals surface area contributed by atoms with Gasteiger partial charge in [0.2, 0.25) is 0 Å². The Bertz CT molecular complexity index is 965. The number of carbonyl (C=O) groups is 1. The molecule has 29 heavy (non-hydrogen) atoms. The lowest BCUT2D eigenvalue weighted by Gasteiger charge is -2.10. The van der Waals surface area contributed by atoms with Crippen LogP contribution in [0.1, 0.15) is 30.8 Å². The molecule has 0 aliphatic carbocycles. The number of nitrogens with one attached hydrogen (secondary N) is 1. The molecule has 0 radical (unpaired) electrons. The second kappa shape index (κ2) is 9.28. The van der Waals surface area contributed by atoms with Crippen molar-refractivity contribution in [2.45, 2.75) is 20.3 Å². The monoisotopic (exact) mass is 393 g/mol. The van der Waals surface area contributed by atoms with Crippen molar-refractivity contribution in [1.29, 1.82) is 0 Å². The zero-order valence-corrected chi connectivity index (χ0v) is 17.3. The summed E-state index contributed by atoms with van der Waals surface area (Å²) < 4.78 is 12.5. The van der Waals surface area contributed by atoms with Crippen LogP contribution < -0.4 is 14.8 Å². The van der Waals surface area contributed by atoms with Crippen molar-refractivity contribution in [3.8, 4) is 28.3 Å². The zero-order valence-electron chi connectivity index (χ0n) is 17.3. The molecule has 6 nitrogen and oxygen atoms in total. The maximum absolute atomic E-state index is 12.9. The second-order valence-corrected chi connectivity index (χ2v) is 7.18. The molecule has 0 aliphatic rings. The average molecular weight is 393 g/mol. The molecule has 0 saturated heterocycles. The van der Waals surface area contributed by atoms with Gasteiger partial charge in [-0.05, 0) is 42.2 Å². The van der Waals surface area contributed by atoms with Crippen molar-refractivity contribution in [3.05, 3.63) is 60.4 Å². The van der Waals surface area contributed by atoms with Crippen LogP contribution in [0.25, 0.3) is 16.8 Å². The third kappa shape index (κ3) is 4.77. The largest absolute Gasteiger partial charge is 0.493 e. The molecule has 2 aromatic carbocycles. The molecular formula is C23H27N3O3. The third-order valence-corrected chi connectivity index (χ3v) is 4.65. The maximum atomic E-state index is 12.9. The van der Waals surface area contributed by atoms with Gasteiger partial charge < -0.3 is 14.8 Å². The minimum Gasteiger partial charge on any atom is -0.493 e. The van der Waals surface area contributed by atoms with Crippen LogP contribution in [0.15, 0.2) is 54.7 Å². The Labute approximate surface area is 171 Å². The molecule has 3 rings (SSSR count). The van der Waals surface area contributed by atoms with Gasteiger partial charge >= 0.3 is 0 Å². The van der Waals surface area contributed by atoms with E-state index >= 15 is 0 Å². The smallest absolute Gasteiger partial charge is 0.272 e. The van der Waals surface area contributed by atoms with Crippen molar-refractivity contribution in [2.24, 2.45) is 5.92 Å². The van der Waals surface area contributed by atoms with Crippen LogP contribution >= 0.6 is 0 Å². The lowest BCUT2D eigenvalue weighted by atomic mass is 10.1. The summed E-state index contributed by atoms with van der Waals surface area (Å²) in [5.41, 5.74) is 2.83. The lowest BCUT2D eigenvalue weighted by Crippen LogP contribution is -2.26. The highest BCUT2D eigenvalue weighted by atomic mass is 16.5. The second-order valence-electron chi connectivity index (χ2n) is 7.18. The fourth-order valence-corrected chi connectivity index (χ4v) is 3.03. The fraction of sp³-hybridized carbons (Fsp3) is 0.304. The first-order valence-electron chi connectivity index (χ1n) is 9.69. The van der Waals surface area contributed by atoms with E-state index in [1.54, 1.807) is 18.9 Å². The van der Waals surface area contributed by atoms with Gasteiger partial charge in [0.15, 0.2) is 17.2 Å². The summed E-state index contributed by atoms with van der Waals surface area (Å²) in [4.78, 5) is 12.9. The first kappa shape index (κ1) is 20.5. The highest BCUT2D eigenvalue weighted by molar-refractivity contribution is 5.99. The number of hydrogen-bond donors (Lipinski definition) is 1. The van der Waals surface area contributed by atoms with Crippen LogP contribution in [0.3, 0.4) is 0 Å². The SMILES string of the molecule is COc1ccc(-c2cn(-c3ccccc3)nc2C(=O)NCCC(C)C)cc1OC. The number of ether oxygens (including phenoxy) is 2. The summed E-state index contributed by atoms with van der Waals surface area (Å²) >= 11 is 0. The number of methoxy groups -OCH3 is 2. The summed E-state index contributed by atoms with van der Waals surface area (Å²) in [6.45, 7) is 4.87. The molecule has 0 atom stereocenters. The number of rotatable bonds is 8. The van der Waals surface area contributed by atoms with E-state index in [4.69, 9.17) is 9.47 Å². The van der Waals surface area contributed by atoms with Crippen LogP contribution in [0.4, 0.5) is 0 Å². The van der Waals surface area contributed by atoms with Gasteiger partial charge in [0, 0.05) is 18.3 Å². The van der Waals surface area contributed by atoms with E-state index in [2.05, 4.69) is 24.3 Å². The van der Waals surface area contributed by atoms with Crippen LogP contribution in [-0.2, 0) is 0 Å². The molecule has 0 unspecified atom stereocenters. The Kier molecular flexibility index (Phi) is 6.54. The van der Waals surface area contributed by atoms with Gasteiger partial charge in [-0.1, -0.05) is 38.1 Å². The first-order chi connectivity index (χ1) is 14.0. The Morgan fingerprint density at radius 2 is 1.79 bits per heavy atom. The summed E-state index contributed by atoms with van der Waals surface area (Å²) in [5, 5.41) is 7.57. The highest BCUT2D eigenvalue weighted by Crippen LogP contribution is 2.34. The molecule has 6 heteroatoms. The van der Waals surface area contributed by atoms with E-state index in [0.717, 1.165) is 23.2 Å². The van der Waals surface area contributed by atoms with Crippen molar-refractivity contribution >= 4 is 5.91 Å². The van der Waals surface area contributed by atoms with Gasteiger partial charge in [-0.3, -0.25) is 4.79 Å². The summed E-state index contributed by atoms with van der Waals surface area (Å²) in [7, 11) is 3.19. The van der Waals surface area contributed by atoms with E-state index in [1.807, 2.05) is 54.7 Å². The number of nitrogens with zero attached hydrogens (tertiary/aromatic N) is 2. The van der Waals surface area contributed by atoms with Gasteiger partial charge in [-0.25, -0.2) is 4.68 Å². The van der Waals surface area contributed by atoms with Crippen LogP contribution in [0, 0.1) is 5.92 Å². The quantitative estimate of drug-likeness (QED) is 0.619. The molecule has 0 fully saturated rings. The minimum atomic E-state index is -0.190. The number of amides is 1. The molecule has 1 amide bonds. The topological polar surface area (TPSA) is 65.4 Å². The van der Waals surface area contributed by atoms with Gasteiger partial charge in [-0.2, -0.15) is 5.10 Å². The molecule has 0 aliphatic heterocycles. The summed E-state index contributed by atoms with van der Waals surface area (Å²) in [6.07, 6.45) is 2.78. The van der Waals surface area contributed by atoms with Crippen LogP contribution in [0.2, 0.25) is 0 Å². The number of para-hydroxylation sites is 1. The molecule has 152 valence electrons. The van der Waals surface area contributed by atoms with Crippen molar-refractivity contribution in [3.63, 3.8) is 0 Å². The molecule has 3 aromatic rings. The van der Waals surface area contributed by atoms with Crippen LogP contribution in [-0.4, -0.2) is 36.5 Å². The van der Waals surface area contributed by atoms with Gasteiger partial charge in [0.25, 0.3) is 5.91 Å². The molecule has 0 bridgehead atoms. The third-order valence-electron chi connectivity index (χ3n) is 4.65. The van der Waals surface area contributed by atoms with Crippen molar-refractivity contribution in [2.75, 3.05) is 20.8 Å². The van der Waals surface area contributed by atoms with Crippen molar-refractivity contribution in [1.82, 2.24) is 15.1 Å². The lowest BCUT2D eigenvalue weighted by molar-refractivity contribution is 0.0947. The molecule has 1 N–H and O–H groups in total. The van der Waals surface area contributed by atoms with E-state index in [-0.39, 0.29) is 5.91 Å². The number of carbonyl (C=O) groups excluding carboxylic acids is 1. The van der Waals surface area contributed by atoms with E-state index < -0.39 is 0 Å². The minimum absolute atomic E-state index is 0.190.